The molecule has 2 rings (SSSR count). The van der Waals surface area contributed by atoms with Gasteiger partial charge < -0.3 is 10.1 Å². The molecule has 1 heterocycles. The van der Waals surface area contributed by atoms with Crippen LogP contribution in [0, 0.1) is 0 Å². The average Bonchev–Trinajstić information content (AvgIpc) is 2.40. The number of morpholine rings is 1. The Morgan fingerprint density at radius 3 is 2.79 bits per heavy atom. The first-order valence-corrected chi connectivity index (χ1v) is 7.74. The summed E-state index contributed by atoms with van der Waals surface area (Å²) in [5.74, 6) is 0. The van der Waals surface area contributed by atoms with E-state index in [4.69, 9.17) is 4.74 Å². The third-order valence-corrected chi connectivity index (χ3v) is 3.94. The van der Waals surface area contributed by atoms with Gasteiger partial charge in [0, 0.05) is 36.2 Å². The highest BCUT2D eigenvalue weighted by Gasteiger charge is 2.22. The number of nitrogens with zero attached hydrogens (tertiary/aromatic N) is 1. The lowest BCUT2D eigenvalue weighted by Crippen LogP contribution is -2.50. The first kappa shape index (κ1) is 15.0. The molecule has 4 heteroatoms. The molecule has 0 aliphatic carbocycles. The summed E-state index contributed by atoms with van der Waals surface area (Å²) in [5, 5.41) is 3.51. The number of nitrogens with one attached hydrogen (secondary N) is 1. The third kappa shape index (κ3) is 4.88. The van der Waals surface area contributed by atoms with Crippen molar-refractivity contribution < 1.29 is 4.74 Å². The van der Waals surface area contributed by atoms with Crippen molar-refractivity contribution in [3.8, 4) is 0 Å². The van der Waals surface area contributed by atoms with Gasteiger partial charge in [-0.25, -0.2) is 0 Å². The molecule has 0 bridgehead atoms. The second-order valence-corrected chi connectivity index (χ2v) is 6.30. The molecule has 0 saturated carbocycles. The van der Waals surface area contributed by atoms with Crippen LogP contribution in [0.1, 0.15) is 19.4 Å². The van der Waals surface area contributed by atoms with Gasteiger partial charge in [0.15, 0.2) is 0 Å². The summed E-state index contributed by atoms with van der Waals surface area (Å²) in [7, 11) is 0. The molecule has 1 aromatic carbocycles. The van der Waals surface area contributed by atoms with Crippen LogP contribution in [0.15, 0.2) is 28.7 Å². The van der Waals surface area contributed by atoms with Crippen molar-refractivity contribution in [1.29, 1.82) is 0 Å². The maximum atomic E-state index is 5.61. The van der Waals surface area contributed by atoms with Crippen molar-refractivity contribution in [1.82, 2.24) is 10.2 Å². The predicted octanol–water partition coefficient (Wildman–Crippen LogP) is 2.65. The minimum absolute atomic E-state index is 0.472. The lowest BCUT2D eigenvalue weighted by Gasteiger charge is -2.36. The van der Waals surface area contributed by atoms with Crippen LogP contribution >= 0.6 is 15.9 Å². The number of halogens is 1. The monoisotopic (exact) mass is 326 g/mol. The van der Waals surface area contributed by atoms with Crippen molar-refractivity contribution >= 4 is 15.9 Å². The van der Waals surface area contributed by atoms with E-state index in [9.17, 15) is 0 Å². The molecule has 3 nitrogen and oxygen atoms in total. The fourth-order valence-corrected chi connectivity index (χ4v) is 2.55. The first-order chi connectivity index (χ1) is 9.15. The van der Waals surface area contributed by atoms with Crippen LogP contribution in [0.3, 0.4) is 0 Å². The fourth-order valence-electron chi connectivity index (χ4n) is 2.28. The second-order valence-electron chi connectivity index (χ2n) is 5.39. The predicted molar refractivity (Wildman–Crippen MR) is 82.3 cm³/mol. The summed E-state index contributed by atoms with van der Waals surface area (Å²) in [5.41, 5.74) is 1.36. The van der Waals surface area contributed by atoms with Gasteiger partial charge in [0.25, 0.3) is 0 Å². The van der Waals surface area contributed by atoms with Crippen LogP contribution < -0.4 is 5.32 Å². The number of benzene rings is 1. The highest BCUT2D eigenvalue weighted by Crippen LogP contribution is 2.15. The maximum Gasteiger partial charge on any atom is 0.0635 e. The number of rotatable bonds is 5. The zero-order valence-electron chi connectivity index (χ0n) is 11.7. The minimum atomic E-state index is 0.472. The van der Waals surface area contributed by atoms with Gasteiger partial charge in [-0.15, -0.1) is 0 Å². The molecule has 1 unspecified atom stereocenters. The van der Waals surface area contributed by atoms with Gasteiger partial charge in [-0.2, -0.15) is 0 Å². The van der Waals surface area contributed by atoms with E-state index in [1.807, 2.05) is 0 Å². The number of hydrogen-bond acceptors (Lipinski definition) is 3. The van der Waals surface area contributed by atoms with E-state index in [1.54, 1.807) is 0 Å². The first-order valence-electron chi connectivity index (χ1n) is 6.95. The molecular weight excluding hydrogens is 304 g/mol. The molecule has 0 spiro atoms. The normalized spacial score (nSPS) is 20.9. The largest absolute Gasteiger partial charge is 0.378 e. The van der Waals surface area contributed by atoms with E-state index < -0.39 is 0 Å². The molecule has 0 amide bonds. The maximum absolute atomic E-state index is 5.61. The molecular formula is C15H23BrN2O. The highest BCUT2D eigenvalue weighted by atomic mass is 79.9. The van der Waals surface area contributed by atoms with Crippen LogP contribution in [-0.2, 0) is 11.3 Å². The van der Waals surface area contributed by atoms with E-state index in [1.165, 1.54) is 5.56 Å². The van der Waals surface area contributed by atoms with Crippen molar-refractivity contribution in [2.75, 3.05) is 26.3 Å². The summed E-state index contributed by atoms with van der Waals surface area (Å²) in [4.78, 5) is 2.52. The van der Waals surface area contributed by atoms with E-state index in [0.717, 1.165) is 37.3 Å². The molecule has 0 radical (unpaired) electrons. The number of ether oxygens (including phenoxy) is 1. The highest BCUT2D eigenvalue weighted by molar-refractivity contribution is 9.10. The zero-order chi connectivity index (χ0) is 13.7. The molecule has 19 heavy (non-hydrogen) atoms. The SMILES string of the molecule is CC(C)NCC1COCCN1Cc1ccc(Br)cc1. The van der Waals surface area contributed by atoms with Gasteiger partial charge in [0.2, 0.25) is 0 Å². The Kier molecular flexibility index (Phi) is 5.82. The van der Waals surface area contributed by atoms with Gasteiger partial charge in [0.05, 0.1) is 13.2 Å². The fraction of sp³-hybridized carbons (Fsp3) is 0.600. The quantitative estimate of drug-likeness (QED) is 0.900. The number of hydrogen-bond donors (Lipinski definition) is 1. The molecule has 0 aromatic heterocycles. The Morgan fingerprint density at radius 1 is 1.37 bits per heavy atom. The lowest BCUT2D eigenvalue weighted by atomic mass is 10.1. The van der Waals surface area contributed by atoms with Crippen LogP contribution in [0.5, 0.6) is 0 Å². The minimum Gasteiger partial charge on any atom is -0.378 e. The molecule has 1 aliphatic heterocycles. The Morgan fingerprint density at radius 2 is 2.11 bits per heavy atom. The van der Waals surface area contributed by atoms with Crippen molar-refractivity contribution in [2.45, 2.75) is 32.5 Å². The summed E-state index contributed by atoms with van der Waals surface area (Å²) >= 11 is 3.48. The van der Waals surface area contributed by atoms with Gasteiger partial charge in [0.1, 0.15) is 0 Å². The summed E-state index contributed by atoms with van der Waals surface area (Å²) in [6.07, 6.45) is 0. The van der Waals surface area contributed by atoms with Crippen molar-refractivity contribution in [3.05, 3.63) is 34.3 Å². The molecule has 1 saturated heterocycles. The van der Waals surface area contributed by atoms with E-state index >= 15 is 0 Å². The Labute approximate surface area is 124 Å². The van der Waals surface area contributed by atoms with E-state index in [0.29, 0.717) is 12.1 Å². The summed E-state index contributed by atoms with van der Waals surface area (Å²) < 4.78 is 6.75. The topological polar surface area (TPSA) is 24.5 Å². The molecule has 1 atom stereocenters. The van der Waals surface area contributed by atoms with E-state index in [-0.39, 0.29) is 0 Å². The second kappa shape index (κ2) is 7.39. The van der Waals surface area contributed by atoms with Crippen molar-refractivity contribution in [2.24, 2.45) is 0 Å². The van der Waals surface area contributed by atoms with Crippen LogP contribution in [0.25, 0.3) is 0 Å². The van der Waals surface area contributed by atoms with Crippen LogP contribution in [-0.4, -0.2) is 43.3 Å². The standard InChI is InChI=1S/C15H23BrN2O/c1-12(2)17-9-15-11-19-8-7-18(15)10-13-3-5-14(16)6-4-13/h3-6,12,15,17H,7-11H2,1-2H3. The lowest BCUT2D eigenvalue weighted by molar-refractivity contribution is -0.0114. The molecule has 1 aromatic rings. The molecule has 1 N–H and O–H groups in total. The molecule has 1 aliphatic rings. The summed E-state index contributed by atoms with van der Waals surface area (Å²) in [6.45, 7) is 9.05. The van der Waals surface area contributed by atoms with E-state index in [2.05, 4.69) is 64.3 Å². The molecule has 106 valence electrons. The third-order valence-electron chi connectivity index (χ3n) is 3.41. The van der Waals surface area contributed by atoms with Crippen molar-refractivity contribution in [3.63, 3.8) is 0 Å². The zero-order valence-corrected chi connectivity index (χ0v) is 13.3. The van der Waals surface area contributed by atoms with Gasteiger partial charge in [-0.1, -0.05) is 41.9 Å². The van der Waals surface area contributed by atoms with Crippen LogP contribution in [0.4, 0.5) is 0 Å². The Bertz CT molecular complexity index is 380. The average molecular weight is 327 g/mol. The smallest absolute Gasteiger partial charge is 0.0635 e. The van der Waals surface area contributed by atoms with Gasteiger partial charge in [-0.05, 0) is 17.7 Å². The van der Waals surface area contributed by atoms with Crippen LogP contribution in [0.2, 0.25) is 0 Å². The Hall–Kier alpha value is -0.420. The van der Waals surface area contributed by atoms with Gasteiger partial charge in [-0.3, -0.25) is 4.90 Å². The van der Waals surface area contributed by atoms with Gasteiger partial charge >= 0.3 is 0 Å². The summed E-state index contributed by atoms with van der Waals surface area (Å²) in [6, 6.07) is 9.59. The molecule has 1 fully saturated rings. The Balaban J connectivity index is 1.93.